The van der Waals surface area contributed by atoms with E-state index in [0.717, 1.165) is 11.1 Å². The molecule has 3 aromatic carbocycles. The number of rotatable bonds is 6. The number of carbonyl (C=O) groups is 2. The molecule has 0 spiro atoms. The maximum atomic E-state index is 13.5. The average molecular weight is 460 g/mol. The fraction of sp³-hybridized carbons (Fsp3) is 0.115. The summed E-state index contributed by atoms with van der Waals surface area (Å²) < 4.78 is 13.5. The smallest absolute Gasteiger partial charge is 0.283 e. The zero-order chi connectivity index (χ0) is 23.2. The molecule has 2 amide bonds. The Morgan fingerprint density at radius 3 is 2.33 bits per heavy atom. The molecule has 0 aromatic heterocycles. The van der Waals surface area contributed by atoms with Gasteiger partial charge in [-0.05, 0) is 48.4 Å². The third-order valence-electron chi connectivity index (χ3n) is 4.98. The Labute approximate surface area is 196 Å². The van der Waals surface area contributed by atoms with Crippen LogP contribution in [0.15, 0.2) is 95.6 Å². The van der Waals surface area contributed by atoms with Gasteiger partial charge in [-0.2, -0.15) is 0 Å². The molecular weight excluding hydrogens is 437 g/mol. The quantitative estimate of drug-likeness (QED) is 0.527. The van der Waals surface area contributed by atoms with Gasteiger partial charge >= 0.3 is 0 Å². The van der Waals surface area contributed by atoms with Gasteiger partial charge < -0.3 is 5.32 Å². The summed E-state index contributed by atoms with van der Waals surface area (Å²) >= 11 is 1.18. The molecule has 1 atom stereocenters. The first-order valence-corrected chi connectivity index (χ1v) is 11.3. The van der Waals surface area contributed by atoms with Crippen LogP contribution in [-0.4, -0.2) is 22.2 Å². The predicted octanol–water partition coefficient (Wildman–Crippen LogP) is 5.01. The van der Waals surface area contributed by atoms with Gasteiger partial charge in [-0.25, -0.2) is 9.38 Å². The molecule has 33 heavy (non-hydrogen) atoms. The van der Waals surface area contributed by atoms with Crippen molar-refractivity contribution in [2.24, 2.45) is 4.99 Å². The third kappa shape index (κ3) is 5.56. The molecule has 1 N–H and O–H groups in total. The molecule has 1 heterocycles. The van der Waals surface area contributed by atoms with E-state index in [1.807, 2.05) is 60.7 Å². The van der Waals surface area contributed by atoms with Crippen molar-refractivity contribution < 1.29 is 14.0 Å². The van der Waals surface area contributed by atoms with Crippen molar-refractivity contribution in [3.8, 4) is 0 Å². The number of nitrogens with zero attached hydrogens (tertiary/aromatic N) is 2. The first-order valence-electron chi connectivity index (χ1n) is 10.4. The molecule has 166 valence electrons. The molecule has 0 radical (unpaired) electrons. The summed E-state index contributed by atoms with van der Waals surface area (Å²) in [5, 5.41) is 2.79. The number of nitrogens with one attached hydrogen (secondary N) is 1. The zero-order valence-electron chi connectivity index (χ0n) is 17.9. The summed E-state index contributed by atoms with van der Waals surface area (Å²) in [5.74, 6) is -0.895. The number of thioether (sulfide) groups is 1. The van der Waals surface area contributed by atoms with Crippen LogP contribution in [0, 0.1) is 5.82 Å². The van der Waals surface area contributed by atoms with E-state index in [9.17, 15) is 14.0 Å². The Morgan fingerprint density at radius 1 is 1.03 bits per heavy atom. The minimum absolute atomic E-state index is 0.168. The number of amidine groups is 1. The predicted molar refractivity (Wildman–Crippen MR) is 131 cm³/mol. The molecule has 0 saturated heterocycles. The Kier molecular flexibility index (Phi) is 7.00. The first kappa shape index (κ1) is 22.5. The fourth-order valence-electron chi connectivity index (χ4n) is 3.24. The van der Waals surface area contributed by atoms with Crippen molar-refractivity contribution in [3.63, 3.8) is 0 Å². The molecule has 4 rings (SSSR count). The second-order valence-corrected chi connectivity index (χ2v) is 8.72. The number of benzene rings is 3. The van der Waals surface area contributed by atoms with E-state index >= 15 is 0 Å². The van der Waals surface area contributed by atoms with Crippen LogP contribution in [-0.2, 0) is 16.1 Å². The van der Waals surface area contributed by atoms with E-state index in [-0.39, 0.29) is 17.5 Å². The molecule has 7 heteroatoms. The van der Waals surface area contributed by atoms with Crippen molar-refractivity contribution in [1.29, 1.82) is 0 Å². The van der Waals surface area contributed by atoms with Gasteiger partial charge in [-0.1, -0.05) is 72.4 Å². The molecule has 3 aromatic rings. The minimum Gasteiger partial charge on any atom is -0.351 e. The highest BCUT2D eigenvalue weighted by Crippen LogP contribution is 2.31. The van der Waals surface area contributed by atoms with Crippen LogP contribution in [0.4, 0.5) is 10.1 Å². The fourth-order valence-corrected chi connectivity index (χ4v) is 4.19. The number of aliphatic imine (C=N–C) groups is 1. The van der Waals surface area contributed by atoms with Crippen LogP contribution in [0.2, 0.25) is 0 Å². The monoisotopic (exact) mass is 459 g/mol. The van der Waals surface area contributed by atoms with Crippen molar-refractivity contribution in [2.75, 3.05) is 4.90 Å². The molecular formula is C26H22FN3O2S. The maximum absolute atomic E-state index is 13.5. The summed E-state index contributed by atoms with van der Waals surface area (Å²) in [6, 6.07) is 24.7. The van der Waals surface area contributed by atoms with E-state index in [0.29, 0.717) is 17.4 Å². The number of anilines is 1. The van der Waals surface area contributed by atoms with Crippen molar-refractivity contribution >= 4 is 40.5 Å². The summed E-state index contributed by atoms with van der Waals surface area (Å²) in [7, 11) is 0. The topological polar surface area (TPSA) is 61.8 Å². The Balaban J connectivity index is 1.55. The highest BCUT2D eigenvalue weighted by Gasteiger charge is 2.34. The van der Waals surface area contributed by atoms with Crippen LogP contribution in [0.3, 0.4) is 0 Å². The molecule has 1 aliphatic heterocycles. The lowest BCUT2D eigenvalue weighted by atomic mass is 10.2. The standard InChI is InChI=1S/C26H22FN3O2S/c1-18(24(31)28-17-20-10-6-3-7-11-20)33-26-29-23(16-19-8-4-2-5-9-19)25(32)30(26)22-14-12-21(27)13-15-22/h2-16,18H,17H2,1H3,(H,28,31). The van der Waals surface area contributed by atoms with Gasteiger partial charge in [0.15, 0.2) is 5.17 Å². The summed E-state index contributed by atoms with van der Waals surface area (Å²) in [4.78, 5) is 31.8. The highest BCUT2D eigenvalue weighted by molar-refractivity contribution is 8.15. The van der Waals surface area contributed by atoms with Gasteiger partial charge in [0.1, 0.15) is 11.5 Å². The van der Waals surface area contributed by atoms with Gasteiger partial charge in [0, 0.05) is 6.54 Å². The Hall–Kier alpha value is -3.71. The number of carbonyl (C=O) groups excluding carboxylic acids is 2. The molecule has 1 unspecified atom stereocenters. The second kappa shape index (κ2) is 10.3. The Morgan fingerprint density at radius 2 is 1.67 bits per heavy atom. The van der Waals surface area contributed by atoms with E-state index in [1.165, 1.54) is 40.9 Å². The van der Waals surface area contributed by atoms with Crippen LogP contribution in [0.5, 0.6) is 0 Å². The van der Waals surface area contributed by atoms with E-state index in [2.05, 4.69) is 10.3 Å². The number of hydrogen-bond acceptors (Lipinski definition) is 4. The van der Waals surface area contributed by atoms with Crippen LogP contribution < -0.4 is 10.2 Å². The zero-order valence-corrected chi connectivity index (χ0v) is 18.8. The van der Waals surface area contributed by atoms with Crippen molar-refractivity contribution in [2.45, 2.75) is 18.7 Å². The molecule has 0 saturated carbocycles. The lowest BCUT2D eigenvalue weighted by Gasteiger charge is -2.20. The Bertz CT molecular complexity index is 1200. The molecule has 0 bridgehead atoms. The highest BCUT2D eigenvalue weighted by atomic mass is 32.2. The number of halogens is 1. The SMILES string of the molecule is CC(SC1=NC(=Cc2ccccc2)C(=O)N1c1ccc(F)cc1)C(=O)NCc1ccccc1. The van der Waals surface area contributed by atoms with Gasteiger partial charge in [0.2, 0.25) is 5.91 Å². The summed E-state index contributed by atoms with van der Waals surface area (Å²) in [6.45, 7) is 2.18. The number of amides is 2. The average Bonchev–Trinajstić information content (AvgIpc) is 3.13. The van der Waals surface area contributed by atoms with Crippen molar-refractivity contribution in [1.82, 2.24) is 5.32 Å². The largest absolute Gasteiger partial charge is 0.351 e. The number of hydrogen-bond donors (Lipinski definition) is 1. The van der Waals surface area contributed by atoms with Gasteiger partial charge in [-0.15, -0.1) is 0 Å². The summed E-state index contributed by atoms with van der Waals surface area (Å²) in [5.41, 5.74) is 2.58. The van der Waals surface area contributed by atoms with Gasteiger partial charge in [-0.3, -0.25) is 14.5 Å². The molecule has 0 aliphatic carbocycles. The lowest BCUT2D eigenvalue weighted by Crippen LogP contribution is -2.35. The molecule has 1 aliphatic rings. The van der Waals surface area contributed by atoms with Gasteiger partial charge in [0.05, 0.1) is 10.9 Å². The lowest BCUT2D eigenvalue weighted by molar-refractivity contribution is -0.120. The first-order chi connectivity index (χ1) is 16.0. The molecule has 5 nitrogen and oxygen atoms in total. The van der Waals surface area contributed by atoms with Crippen LogP contribution in [0.1, 0.15) is 18.1 Å². The minimum atomic E-state index is -0.501. The van der Waals surface area contributed by atoms with E-state index in [1.54, 1.807) is 13.0 Å². The normalized spacial score (nSPS) is 15.5. The third-order valence-corrected chi connectivity index (χ3v) is 6.03. The summed E-state index contributed by atoms with van der Waals surface area (Å²) in [6.07, 6.45) is 1.70. The van der Waals surface area contributed by atoms with Crippen LogP contribution in [0.25, 0.3) is 6.08 Å². The second-order valence-electron chi connectivity index (χ2n) is 7.42. The van der Waals surface area contributed by atoms with E-state index < -0.39 is 11.1 Å². The van der Waals surface area contributed by atoms with Crippen LogP contribution >= 0.6 is 11.8 Å². The molecule has 0 fully saturated rings. The van der Waals surface area contributed by atoms with E-state index in [4.69, 9.17) is 0 Å². The van der Waals surface area contributed by atoms with Crippen molar-refractivity contribution in [3.05, 3.63) is 108 Å². The van der Waals surface area contributed by atoms with Gasteiger partial charge in [0.25, 0.3) is 5.91 Å². The maximum Gasteiger partial charge on any atom is 0.283 e.